The number of hydrogen-bond donors (Lipinski definition) is 0. The van der Waals surface area contributed by atoms with E-state index in [1.54, 1.807) is 19.5 Å². The van der Waals surface area contributed by atoms with Gasteiger partial charge in [0.2, 0.25) is 0 Å². The van der Waals surface area contributed by atoms with Crippen molar-refractivity contribution in [2.24, 2.45) is 0 Å². The molecule has 136 valence electrons. The molecule has 0 saturated carbocycles. The van der Waals surface area contributed by atoms with E-state index < -0.39 is 0 Å². The van der Waals surface area contributed by atoms with Crippen LogP contribution in [0.1, 0.15) is 22.4 Å². The number of hydrogen-bond acceptors (Lipinski definition) is 3. The van der Waals surface area contributed by atoms with Crippen LogP contribution in [0.3, 0.4) is 0 Å². The third-order valence-electron chi connectivity index (χ3n) is 4.58. The average molecular weight is 365 g/mol. The number of rotatable bonds is 5. The van der Waals surface area contributed by atoms with Gasteiger partial charge in [-0.3, -0.25) is 9.67 Å². The van der Waals surface area contributed by atoms with Crippen molar-refractivity contribution < 1.29 is 4.74 Å². The van der Waals surface area contributed by atoms with E-state index in [0.29, 0.717) is 6.54 Å². The Morgan fingerprint density at radius 2 is 1.82 bits per heavy atom. The first kappa shape index (κ1) is 17.6. The summed E-state index contributed by atoms with van der Waals surface area (Å²) in [6.07, 6.45) is 13.2. The van der Waals surface area contributed by atoms with Crippen LogP contribution in [0.25, 0.3) is 23.1 Å². The second kappa shape index (κ2) is 7.81. The molecule has 0 radical (unpaired) electrons. The van der Waals surface area contributed by atoms with Gasteiger partial charge in [0, 0.05) is 23.3 Å². The smallest absolute Gasteiger partial charge is 0.118 e. The lowest BCUT2D eigenvalue weighted by Crippen LogP contribution is -2.02. The summed E-state index contributed by atoms with van der Waals surface area (Å²) in [7, 11) is 1.67. The van der Waals surface area contributed by atoms with Crippen LogP contribution < -0.4 is 4.74 Å². The third-order valence-corrected chi connectivity index (χ3v) is 4.58. The molecular weight excluding hydrogens is 346 g/mol. The Balaban J connectivity index is 1.74. The molecule has 0 unspecified atom stereocenters. The summed E-state index contributed by atoms with van der Waals surface area (Å²) < 4.78 is 7.23. The molecular formula is C24H19N3O. The normalized spacial score (nSPS) is 11.0. The van der Waals surface area contributed by atoms with E-state index in [4.69, 9.17) is 16.3 Å². The second-order valence-corrected chi connectivity index (χ2v) is 6.38. The average Bonchev–Trinajstić information content (AvgIpc) is 3.10. The fraction of sp³-hybridized carbons (Fsp3) is 0.0833. The molecule has 2 heterocycles. The minimum atomic E-state index is 0.650. The van der Waals surface area contributed by atoms with Gasteiger partial charge in [0.05, 0.1) is 24.9 Å². The van der Waals surface area contributed by atoms with Crippen molar-refractivity contribution in [3.8, 4) is 18.1 Å². The fourth-order valence-electron chi connectivity index (χ4n) is 3.09. The zero-order valence-electron chi connectivity index (χ0n) is 15.5. The van der Waals surface area contributed by atoms with Gasteiger partial charge < -0.3 is 4.74 Å². The van der Waals surface area contributed by atoms with E-state index in [1.165, 1.54) is 0 Å². The predicted molar refractivity (Wildman–Crippen MR) is 113 cm³/mol. The van der Waals surface area contributed by atoms with E-state index in [9.17, 15) is 0 Å². The summed E-state index contributed by atoms with van der Waals surface area (Å²) >= 11 is 0. The molecule has 4 aromatic rings. The number of methoxy groups -OCH3 is 1. The zero-order valence-corrected chi connectivity index (χ0v) is 15.5. The highest BCUT2D eigenvalue weighted by molar-refractivity contribution is 5.90. The van der Waals surface area contributed by atoms with Crippen LogP contribution in [0.5, 0.6) is 5.75 Å². The SMILES string of the molecule is C#Cc1ccc2c(/C=C/c3ccncc3)nn(Cc3ccc(OC)cc3)c2c1. The van der Waals surface area contributed by atoms with Crippen LogP contribution in [0, 0.1) is 12.3 Å². The van der Waals surface area contributed by atoms with Crippen molar-refractivity contribution >= 4 is 23.1 Å². The molecule has 28 heavy (non-hydrogen) atoms. The van der Waals surface area contributed by atoms with Gasteiger partial charge in [0.15, 0.2) is 0 Å². The van der Waals surface area contributed by atoms with Crippen LogP contribution >= 0.6 is 0 Å². The Labute approximate surface area is 164 Å². The van der Waals surface area contributed by atoms with E-state index in [2.05, 4.69) is 10.9 Å². The molecule has 4 heteroatoms. The number of ether oxygens (including phenoxy) is 1. The minimum absolute atomic E-state index is 0.650. The lowest BCUT2D eigenvalue weighted by molar-refractivity contribution is 0.414. The number of nitrogens with zero attached hydrogens (tertiary/aromatic N) is 3. The van der Waals surface area contributed by atoms with Crippen molar-refractivity contribution in [3.63, 3.8) is 0 Å². The maximum absolute atomic E-state index is 5.60. The Hall–Kier alpha value is -3.84. The number of benzene rings is 2. The Kier molecular flexibility index (Phi) is 4.90. The molecule has 4 nitrogen and oxygen atoms in total. The number of pyridine rings is 1. The monoisotopic (exact) mass is 365 g/mol. The molecule has 0 saturated heterocycles. The fourth-order valence-corrected chi connectivity index (χ4v) is 3.09. The van der Waals surface area contributed by atoms with Gasteiger partial charge in [-0.1, -0.05) is 24.1 Å². The van der Waals surface area contributed by atoms with Crippen LogP contribution in [0.2, 0.25) is 0 Å². The van der Waals surface area contributed by atoms with Crippen molar-refractivity contribution in [1.29, 1.82) is 0 Å². The molecule has 0 amide bonds. The van der Waals surface area contributed by atoms with Gasteiger partial charge >= 0.3 is 0 Å². The minimum Gasteiger partial charge on any atom is -0.497 e. The molecule has 0 bridgehead atoms. The Morgan fingerprint density at radius 3 is 2.54 bits per heavy atom. The molecule has 2 aromatic carbocycles. The molecule has 0 N–H and O–H groups in total. The molecule has 0 aliphatic heterocycles. The summed E-state index contributed by atoms with van der Waals surface area (Å²) in [4.78, 5) is 4.05. The maximum Gasteiger partial charge on any atom is 0.118 e. The van der Waals surface area contributed by atoms with Crippen molar-refractivity contribution in [2.75, 3.05) is 7.11 Å². The van der Waals surface area contributed by atoms with Gasteiger partial charge in [0.25, 0.3) is 0 Å². The summed E-state index contributed by atoms with van der Waals surface area (Å²) in [5.41, 5.74) is 4.98. The van der Waals surface area contributed by atoms with Gasteiger partial charge in [-0.15, -0.1) is 6.42 Å². The highest BCUT2D eigenvalue weighted by Gasteiger charge is 2.10. The Bertz CT molecular complexity index is 1170. The van der Waals surface area contributed by atoms with E-state index >= 15 is 0 Å². The van der Waals surface area contributed by atoms with E-state index in [-0.39, 0.29) is 0 Å². The second-order valence-electron chi connectivity index (χ2n) is 6.38. The number of fused-ring (bicyclic) bond motifs is 1. The number of terminal acetylenes is 1. The highest BCUT2D eigenvalue weighted by atomic mass is 16.5. The summed E-state index contributed by atoms with van der Waals surface area (Å²) in [6, 6.07) is 17.9. The number of aromatic nitrogens is 3. The summed E-state index contributed by atoms with van der Waals surface area (Å²) in [5, 5.41) is 5.90. The zero-order chi connectivity index (χ0) is 19.3. The molecule has 0 aliphatic rings. The first-order valence-corrected chi connectivity index (χ1v) is 8.95. The van der Waals surface area contributed by atoms with Crippen molar-refractivity contribution in [1.82, 2.24) is 14.8 Å². The standard InChI is InChI=1S/C24H19N3O/c1-3-18-6-10-22-23(11-7-19-12-14-25-15-13-19)26-27(24(22)16-18)17-20-4-8-21(28-2)9-5-20/h1,4-16H,17H2,2H3/b11-7+. The molecule has 0 atom stereocenters. The summed E-state index contributed by atoms with van der Waals surface area (Å²) in [5.74, 6) is 3.55. The third kappa shape index (κ3) is 3.65. The lowest BCUT2D eigenvalue weighted by Gasteiger charge is -2.05. The topological polar surface area (TPSA) is 39.9 Å². The largest absolute Gasteiger partial charge is 0.497 e. The molecule has 0 fully saturated rings. The molecule has 4 rings (SSSR count). The van der Waals surface area contributed by atoms with Crippen LogP contribution in [0.15, 0.2) is 67.0 Å². The van der Waals surface area contributed by atoms with Gasteiger partial charge in [0.1, 0.15) is 5.75 Å². The predicted octanol–water partition coefficient (Wildman–Crippen LogP) is 4.64. The van der Waals surface area contributed by atoms with Crippen molar-refractivity contribution in [2.45, 2.75) is 6.54 Å². The summed E-state index contributed by atoms with van der Waals surface area (Å²) in [6.45, 7) is 0.650. The first-order chi connectivity index (χ1) is 13.8. The van der Waals surface area contributed by atoms with E-state index in [0.717, 1.165) is 39.0 Å². The lowest BCUT2D eigenvalue weighted by atomic mass is 10.1. The van der Waals surface area contributed by atoms with Crippen molar-refractivity contribution in [3.05, 3.63) is 89.4 Å². The van der Waals surface area contributed by atoms with Crippen LogP contribution in [-0.2, 0) is 6.54 Å². The van der Waals surface area contributed by atoms with Gasteiger partial charge in [-0.25, -0.2) is 0 Å². The van der Waals surface area contributed by atoms with Gasteiger partial charge in [-0.05, 0) is 59.7 Å². The van der Waals surface area contributed by atoms with Crippen LogP contribution in [0.4, 0.5) is 0 Å². The molecule has 0 spiro atoms. The maximum atomic E-state index is 5.60. The molecule has 0 aliphatic carbocycles. The highest BCUT2D eigenvalue weighted by Crippen LogP contribution is 2.23. The molecule has 2 aromatic heterocycles. The van der Waals surface area contributed by atoms with E-state index in [1.807, 2.05) is 71.4 Å². The van der Waals surface area contributed by atoms with Gasteiger partial charge in [-0.2, -0.15) is 5.10 Å². The Morgan fingerprint density at radius 1 is 1.04 bits per heavy atom. The van der Waals surface area contributed by atoms with Crippen LogP contribution in [-0.4, -0.2) is 21.9 Å². The first-order valence-electron chi connectivity index (χ1n) is 8.95. The quantitative estimate of drug-likeness (QED) is 0.484.